The summed E-state index contributed by atoms with van der Waals surface area (Å²) in [5.41, 5.74) is 7.19. The molecular weight excluding hydrogens is 272 g/mol. The number of benzene rings is 1. The summed E-state index contributed by atoms with van der Waals surface area (Å²) in [4.78, 5) is 4.59. The quantitative estimate of drug-likeness (QED) is 0.748. The van der Waals surface area contributed by atoms with Crippen molar-refractivity contribution in [2.45, 2.75) is 0 Å². The Hall–Kier alpha value is -2.47. The number of nitrogens with zero attached hydrogens (tertiary/aromatic N) is 3. The third kappa shape index (κ3) is 2.21. The lowest BCUT2D eigenvalue weighted by Gasteiger charge is -2.11. The first-order valence-electron chi connectivity index (χ1n) is 5.99. The molecule has 3 rings (SSSR count). The average molecular weight is 284 g/mol. The first-order chi connectivity index (χ1) is 9.65. The summed E-state index contributed by atoms with van der Waals surface area (Å²) in [6, 6.07) is 7.68. The molecule has 1 aromatic carbocycles. The second-order valence-electron chi connectivity index (χ2n) is 4.33. The Balaban J connectivity index is 2.19. The molecule has 0 spiro atoms. The number of aromatic nitrogens is 3. The lowest BCUT2D eigenvalue weighted by atomic mass is 10.1. The number of rotatable bonds is 3. The topological polar surface area (TPSA) is 66.0 Å². The van der Waals surface area contributed by atoms with Crippen LogP contribution in [0.4, 0.5) is 0 Å². The molecular formula is C14H12N4OS. The van der Waals surface area contributed by atoms with E-state index < -0.39 is 0 Å². The minimum atomic E-state index is 0.252. The fraction of sp³-hybridized carbons (Fsp3) is 0.0714. The first-order valence-corrected chi connectivity index (χ1v) is 6.40. The van der Waals surface area contributed by atoms with Crippen molar-refractivity contribution in [3.05, 3.63) is 48.4 Å². The third-order valence-electron chi connectivity index (χ3n) is 2.89. The number of fused-ring (bicyclic) bond motifs is 1. The molecule has 2 heterocycles. The third-order valence-corrected chi connectivity index (χ3v) is 3.11. The van der Waals surface area contributed by atoms with Crippen LogP contribution in [0.15, 0.2) is 42.9 Å². The SMILES string of the molecule is Cn1cc(Oc2c(C(N)=S)cnc3ccccc23)cn1. The highest BCUT2D eigenvalue weighted by Crippen LogP contribution is 2.32. The first kappa shape index (κ1) is 12.6. The fourth-order valence-corrected chi connectivity index (χ4v) is 2.12. The number of hydrogen-bond acceptors (Lipinski definition) is 4. The van der Waals surface area contributed by atoms with E-state index in [-0.39, 0.29) is 4.99 Å². The van der Waals surface area contributed by atoms with Crippen LogP contribution in [0.2, 0.25) is 0 Å². The van der Waals surface area contributed by atoms with Gasteiger partial charge in [0.05, 0.1) is 23.5 Å². The Morgan fingerprint density at radius 3 is 2.80 bits per heavy atom. The van der Waals surface area contributed by atoms with Crippen LogP contribution in [0.5, 0.6) is 11.5 Å². The largest absolute Gasteiger partial charge is 0.453 e. The van der Waals surface area contributed by atoms with E-state index in [2.05, 4.69) is 10.1 Å². The molecule has 6 heteroatoms. The Bertz CT molecular complexity index is 797. The summed E-state index contributed by atoms with van der Waals surface area (Å²) in [5.74, 6) is 1.23. The van der Waals surface area contributed by atoms with Crippen molar-refractivity contribution < 1.29 is 4.74 Å². The minimum absolute atomic E-state index is 0.252. The number of thiocarbonyl (C=S) groups is 1. The van der Waals surface area contributed by atoms with Gasteiger partial charge in [-0.15, -0.1) is 0 Å². The maximum absolute atomic E-state index is 5.91. The van der Waals surface area contributed by atoms with Gasteiger partial charge in [0.15, 0.2) is 5.75 Å². The van der Waals surface area contributed by atoms with Crippen LogP contribution in [0.25, 0.3) is 10.9 Å². The zero-order valence-electron chi connectivity index (χ0n) is 10.8. The van der Waals surface area contributed by atoms with E-state index in [1.165, 1.54) is 0 Å². The lowest BCUT2D eigenvalue weighted by Crippen LogP contribution is -2.11. The number of nitrogens with two attached hydrogens (primary N) is 1. The van der Waals surface area contributed by atoms with Gasteiger partial charge in [-0.3, -0.25) is 9.67 Å². The van der Waals surface area contributed by atoms with Gasteiger partial charge < -0.3 is 10.5 Å². The van der Waals surface area contributed by atoms with Crippen molar-refractivity contribution in [2.75, 3.05) is 0 Å². The minimum Gasteiger partial charge on any atom is -0.453 e. The maximum atomic E-state index is 5.91. The zero-order valence-corrected chi connectivity index (χ0v) is 11.6. The molecule has 3 aromatic rings. The smallest absolute Gasteiger partial charge is 0.165 e. The van der Waals surface area contributed by atoms with E-state index in [4.69, 9.17) is 22.7 Å². The van der Waals surface area contributed by atoms with E-state index in [0.717, 1.165) is 10.9 Å². The number of aryl methyl sites for hydroxylation is 1. The Morgan fingerprint density at radius 1 is 1.30 bits per heavy atom. The van der Waals surface area contributed by atoms with Crippen LogP contribution in [0.1, 0.15) is 5.56 Å². The van der Waals surface area contributed by atoms with Crippen molar-refractivity contribution in [3.63, 3.8) is 0 Å². The molecule has 0 bridgehead atoms. The van der Waals surface area contributed by atoms with Crippen LogP contribution < -0.4 is 10.5 Å². The van der Waals surface area contributed by atoms with Crippen molar-refractivity contribution >= 4 is 28.1 Å². The van der Waals surface area contributed by atoms with E-state index in [1.807, 2.05) is 31.3 Å². The maximum Gasteiger partial charge on any atom is 0.165 e. The summed E-state index contributed by atoms with van der Waals surface area (Å²) < 4.78 is 7.58. The summed E-state index contributed by atoms with van der Waals surface area (Å²) in [6.45, 7) is 0. The molecule has 5 nitrogen and oxygen atoms in total. The molecule has 100 valence electrons. The van der Waals surface area contributed by atoms with Gasteiger partial charge >= 0.3 is 0 Å². The van der Waals surface area contributed by atoms with Crippen molar-refractivity contribution in [3.8, 4) is 11.5 Å². The molecule has 0 aliphatic heterocycles. The number of para-hydroxylation sites is 1. The molecule has 0 atom stereocenters. The molecule has 0 aliphatic rings. The van der Waals surface area contributed by atoms with Crippen LogP contribution in [-0.2, 0) is 7.05 Å². The van der Waals surface area contributed by atoms with Gasteiger partial charge in [0.2, 0.25) is 0 Å². The second-order valence-corrected chi connectivity index (χ2v) is 4.77. The summed E-state index contributed by atoms with van der Waals surface area (Å²) in [5, 5.41) is 4.94. The van der Waals surface area contributed by atoms with Gasteiger partial charge in [0.1, 0.15) is 10.7 Å². The predicted molar refractivity (Wildman–Crippen MR) is 80.9 cm³/mol. The zero-order chi connectivity index (χ0) is 14.1. The monoisotopic (exact) mass is 284 g/mol. The average Bonchev–Trinajstić information content (AvgIpc) is 2.84. The number of ether oxygens (including phenoxy) is 1. The Morgan fingerprint density at radius 2 is 2.10 bits per heavy atom. The van der Waals surface area contributed by atoms with Gasteiger partial charge in [-0.05, 0) is 12.1 Å². The number of pyridine rings is 1. The predicted octanol–water partition coefficient (Wildman–Crippen LogP) is 2.39. The van der Waals surface area contributed by atoms with Crippen molar-refractivity contribution in [1.29, 1.82) is 0 Å². The molecule has 0 saturated carbocycles. The highest BCUT2D eigenvalue weighted by Gasteiger charge is 2.13. The molecule has 0 aliphatic carbocycles. The second kappa shape index (κ2) is 4.90. The van der Waals surface area contributed by atoms with E-state index in [1.54, 1.807) is 23.3 Å². The molecule has 2 N–H and O–H groups in total. The van der Waals surface area contributed by atoms with Crippen LogP contribution in [0, 0.1) is 0 Å². The van der Waals surface area contributed by atoms with Gasteiger partial charge in [0, 0.05) is 18.6 Å². The van der Waals surface area contributed by atoms with Gasteiger partial charge in [-0.2, -0.15) is 5.10 Å². The normalized spacial score (nSPS) is 10.7. The van der Waals surface area contributed by atoms with Gasteiger partial charge in [0.25, 0.3) is 0 Å². The summed E-state index contributed by atoms with van der Waals surface area (Å²) in [7, 11) is 1.83. The standard InChI is InChI=1S/C14H12N4OS/c1-18-8-9(6-17-18)19-13-10-4-2-3-5-12(10)16-7-11(13)14(15)20/h2-8H,1H3,(H2,15,20). The molecule has 2 aromatic heterocycles. The van der Waals surface area contributed by atoms with Crippen LogP contribution in [0.3, 0.4) is 0 Å². The molecule has 0 amide bonds. The van der Waals surface area contributed by atoms with Crippen molar-refractivity contribution in [2.24, 2.45) is 12.8 Å². The molecule has 0 saturated heterocycles. The highest BCUT2D eigenvalue weighted by atomic mass is 32.1. The Labute approximate surface area is 121 Å². The summed E-state index contributed by atoms with van der Waals surface area (Å²) in [6.07, 6.45) is 5.05. The van der Waals surface area contributed by atoms with Gasteiger partial charge in [-0.25, -0.2) is 0 Å². The summed E-state index contributed by atoms with van der Waals surface area (Å²) >= 11 is 5.07. The van der Waals surface area contributed by atoms with Crippen molar-refractivity contribution in [1.82, 2.24) is 14.8 Å². The lowest BCUT2D eigenvalue weighted by molar-refractivity contribution is 0.486. The van der Waals surface area contributed by atoms with Gasteiger partial charge in [-0.1, -0.05) is 24.4 Å². The van der Waals surface area contributed by atoms with E-state index in [9.17, 15) is 0 Å². The van der Waals surface area contributed by atoms with Crippen LogP contribution >= 0.6 is 12.2 Å². The number of hydrogen-bond donors (Lipinski definition) is 1. The van der Waals surface area contributed by atoms with Crippen LogP contribution in [-0.4, -0.2) is 19.8 Å². The van der Waals surface area contributed by atoms with E-state index >= 15 is 0 Å². The van der Waals surface area contributed by atoms with E-state index in [0.29, 0.717) is 17.1 Å². The molecule has 0 radical (unpaired) electrons. The fourth-order valence-electron chi connectivity index (χ4n) is 1.97. The molecule has 0 fully saturated rings. The molecule has 20 heavy (non-hydrogen) atoms. The Kier molecular flexibility index (Phi) is 3.08. The molecule has 0 unspecified atom stereocenters. The highest BCUT2D eigenvalue weighted by molar-refractivity contribution is 7.80.